The highest BCUT2D eigenvalue weighted by Gasteiger charge is 2.80. The van der Waals surface area contributed by atoms with E-state index in [-0.39, 0.29) is 25.0 Å². The zero-order valence-corrected chi connectivity index (χ0v) is 24.2. The predicted octanol–water partition coefficient (Wildman–Crippen LogP) is 0.721. The monoisotopic (exact) mass is 568 g/mol. The van der Waals surface area contributed by atoms with Gasteiger partial charge in [0, 0.05) is 34.1 Å². The number of ether oxygens (including phenoxy) is 5. The molecule has 12 heteroatoms. The molecular weight excluding hydrogens is 528 g/mol. The highest BCUT2D eigenvalue weighted by atomic mass is 16.6. The van der Waals surface area contributed by atoms with Crippen LogP contribution in [0.15, 0.2) is 11.1 Å². The normalized spacial score (nSPS) is 42.3. The molecule has 0 aromatic rings. The molecule has 0 radical (unpaired) electrons. The summed E-state index contributed by atoms with van der Waals surface area (Å²) in [7, 11) is 0. The molecule has 1 saturated heterocycles. The van der Waals surface area contributed by atoms with Crippen LogP contribution in [0, 0.1) is 16.7 Å². The van der Waals surface area contributed by atoms with Crippen LogP contribution in [0.5, 0.6) is 0 Å². The number of carbonyl (C=O) groups excluding carboxylic acids is 4. The number of aliphatic hydroxyl groups excluding tert-OH is 2. The van der Waals surface area contributed by atoms with Crippen molar-refractivity contribution in [2.75, 3.05) is 6.61 Å². The standard InChI is InChI=1S/C28H40O12/c1-12-17(33)10-27(25(6,7)35)20(12)21(34)23(38-14(3)30)26(8)18(37-13(2)29)9-19-28(11-36-19,40-16(5)32)22(26)24(27)39-15(4)31/h17-19,21-24,33-35H,9-11H2,1-8H3/t17-,18-,19+,21+,22-,23-,24-,26+,27-,28-/m0/s1. The maximum atomic E-state index is 12.8. The third-order valence-electron chi connectivity index (χ3n) is 9.60. The van der Waals surface area contributed by atoms with E-state index in [1.807, 2.05) is 0 Å². The van der Waals surface area contributed by atoms with Crippen molar-refractivity contribution in [1.29, 1.82) is 0 Å². The third kappa shape index (κ3) is 4.17. The molecule has 0 spiro atoms. The zero-order chi connectivity index (χ0) is 30.2. The Bertz CT molecular complexity index is 1140. The molecule has 3 fully saturated rings. The summed E-state index contributed by atoms with van der Waals surface area (Å²) in [5.74, 6) is -3.95. The minimum atomic E-state index is -1.75. The second-order valence-electron chi connectivity index (χ2n) is 12.4. The van der Waals surface area contributed by atoms with Gasteiger partial charge in [0.15, 0.2) is 5.60 Å². The molecule has 2 saturated carbocycles. The van der Waals surface area contributed by atoms with E-state index in [9.17, 15) is 34.5 Å². The van der Waals surface area contributed by atoms with Gasteiger partial charge >= 0.3 is 23.9 Å². The van der Waals surface area contributed by atoms with Crippen molar-refractivity contribution in [2.24, 2.45) is 16.7 Å². The summed E-state index contributed by atoms with van der Waals surface area (Å²) in [4.78, 5) is 50.3. The molecule has 4 rings (SSSR count). The minimum absolute atomic E-state index is 0.0211. The number of esters is 4. The molecule has 1 heterocycles. The van der Waals surface area contributed by atoms with Gasteiger partial charge in [-0.15, -0.1) is 0 Å². The molecule has 10 atom stereocenters. The highest BCUT2D eigenvalue weighted by Crippen LogP contribution is 2.68. The van der Waals surface area contributed by atoms with Crippen LogP contribution in [0.2, 0.25) is 0 Å². The Hall–Kier alpha value is -2.54. The molecule has 12 nitrogen and oxygen atoms in total. The van der Waals surface area contributed by atoms with E-state index in [0.717, 1.165) is 6.92 Å². The van der Waals surface area contributed by atoms with Gasteiger partial charge in [-0.3, -0.25) is 19.2 Å². The van der Waals surface area contributed by atoms with Gasteiger partial charge in [0.1, 0.15) is 30.5 Å². The first-order valence-electron chi connectivity index (χ1n) is 13.5. The first-order valence-corrected chi connectivity index (χ1v) is 13.5. The average molecular weight is 569 g/mol. The first-order chi connectivity index (χ1) is 18.3. The van der Waals surface area contributed by atoms with E-state index >= 15 is 0 Å². The molecule has 1 aliphatic heterocycles. The van der Waals surface area contributed by atoms with E-state index in [2.05, 4.69) is 0 Å². The molecule has 0 unspecified atom stereocenters. The molecular formula is C28H40O12. The van der Waals surface area contributed by atoms with E-state index in [0.29, 0.717) is 5.57 Å². The SMILES string of the molecule is CC(=O)O[C@H]1C[C@H]2OC[C@@]2(OC(C)=O)[C@H]2[C@H](OC(C)=O)[C@]3(C(C)(C)O)C[C@H](O)C(C)=C3[C@@H](O)[C@H](OC(C)=O)[C@]12C. The molecule has 0 aromatic heterocycles. The highest BCUT2D eigenvalue weighted by molar-refractivity contribution is 5.69. The third-order valence-corrected chi connectivity index (χ3v) is 9.60. The fourth-order valence-electron chi connectivity index (χ4n) is 8.13. The quantitative estimate of drug-likeness (QED) is 0.241. The van der Waals surface area contributed by atoms with E-state index < -0.39 is 88.5 Å². The molecule has 40 heavy (non-hydrogen) atoms. The molecule has 3 aliphatic carbocycles. The van der Waals surface area contributed by atoms with Crippen LogP contribution in [0.3, 0.4) is 0 Å². The largest absolute Gasteiger partial charge is 0.462 e. The van der Waals surface area contributed by atoms with Gasteiger partial charge in [-0.05, 0) is 38.3 Å². The lowest BCUT2D eigenvalue weighted by molar-refractivity contribution is -0.353. The summed E-state index contributed by atoms with van der Waals surface area (Å²) >= 11 is 0. The maximum absolute atomic E-state index is 12.8. The van der Waals surface area contributed by atoms with Gasteiger partial charge in [0.25, 0.3) is 0 Å². The summed E-state index contributed by atoms with van der Waals surface area (Å²) in [5.41, 5.74) is -5.96. The van der Waals surface area contributed by atoms with Crippen LogP contribution >= 0.6 is 0 Å². The lowest BCUT2D eigenvalue weighted by Crippen LogP contribution is -2.79. The van der Waals surface area contributed by atoms with Gasteiger partial charge in [-0.1, -0.05) is 6.92 Å². The summed E-state index contributed by atoms with van der Waals surface area (Å²) in [6.07, 6.45) is -7.61. The van der Waals surface area contributed by atoms with Gasteiger partial charge in [0.05, 0.1) is 35.1 Å². The van der Waals surface area contributed by atoms with E-state index in [4.69, 9.17) is 23.7 Å². The van der Waals surface area contributed by atoms with Crippen molar-refractivity contribution >= 4 is 23.9 Å². The number of carbonyl (C=O) groups is 4. The molecule has 224 valence electrons. The Kier molecular flexibility index (Phi) is 7.44. The van der Waals surface area contributed by atoms with Crippen LogP contribution in [-0.4, -0.2) is 93.6 Å². The predicted molar refractivity (Wildman–Crippen MR) is 135 cm³/mol. The lowest BCUT2D eigenvalue weighted by atomic mass is 9.49. The van der Waals surface area contributed by atoms with Crippen molar-refractivity contribution in [3.8, 4) is 0 Å². The Labute approximate surface area is 232 Å². The molecule has 3 N–H and O–H groups in total. The van der Waals surface area contributed by atoms with Crippen molar-refractivity contribution in [2.45, 2.75) is 116 Å². The van der Waals surface area contributed by atoms with Gasteiger partial charge < -0.3 is 39.0 Å². The Morgan fingerprint density at radius 3 is 1.93 bits per heavy atom. The number of hydrogen-bond acceptors (Lipinski definition) is 12. The number of hydrogen-bond donors (Lipinski definition) is 3. The van der Waals surface area contributed by atoms with Crippen molar-refractivity contribution in [3.63, 3.8) is 0 Å². The van der Waals surface area contributed by atoms with Crippen molar-refractivity contribution < 1.29 is 58.2 Å². The zero-order valence-electron chi connectivity index (χ0n) is 24.2. The number of aliphatic hydroxyl groups is 3. The second-order valence-corrected chi connectivity index (χ2v) is 12.4. The maximum Gasteiger partial charge on any atom is 0.303 e. The first kappa shape index (κ1) is 30.4. The average Bonchev–Trinajstić information content (AvgIpc) is 3.03. The van der Waals surface area contributed by atoms with Gasteiger partial charge in [0.2, 0.25) is 0 Å². The van der Waals surface area contributed by atoms with E-state index in [1.165, 1.54) is 34.6 Å². The summed E-state index contributed by atoms with van der Waals surface area (Å²) < 4.78 is 29.6. The molecule has 4 aliphatic rings. The molecule has 0 aromatic carbocycles. The Morgan fingerprint density at radius 1 is 0.925 bits per heavy atom. The van der Waals surface area contributed by atoms with Crippen molar-refractivity contribution in [1.82, 2.24) is 0 Å². The summed E-state index contributed by atoms with van der Waals surface area (Å²) in [6, 6.07) is 0. The number of fused-ring (bicyclic) bond motifs is 4. The van der Waals surface area contributed by atoms with Crippen LogP contribution in [-0.2, 0) is 42.9 Å². The topological polar surface area (TPSA) is 175 Å². The fraction of sp³-hybridized carbons (Fsp3) is 0.786. The van der Waals surface area contributed by atoms with Crippen molar-refractivity contribution in [3.05, 3.63) is 11.1 Å². The van der Waals surface area contributed by atoms with Crippen LogP contribution in [0.1, 0.15) is 68.2 Å². The summed E-state index contributed by atoms with van der Waals surface area (Å²) in [5, 5.41) is 35.2. The van der Waals surface area contributed by atoms with E-state index in [1.54, 1.807) is 13.8 Å². The van der Waals surface area contributed by atoms with Crippen LogP contribution < -0.4 is 0 Å². The Morgan fingerprint density at radius 2 is 1.48 bits per heavy atom. The smallest absolute Gasteiger partial charge is 0.303 e. The van der Waals surface area contributed by atoms with Gasteiger partial charge in [-0.2, -0.15) is 0 Å². The summed E-state index contributed by atoms with van der Waals surface area (Å²) in [6.45, 7) is 10.8. The van der Waals surface area contributed by atoms with Crippen LogP contribution in [0.25, 0.3) is 0 Å². The van der Waals surface area contributed by atoms with Gasteiger partial charge in [-0.25, -0.2) is 0 Å². The lowest BCUT2D eigenvalue weighted by Gasteiger charge is -2.65. The minimum Gasteiger partial charge on any atom is -0.462 e. The molecule has 0 bridgehead atoms. The Balaban J connectivity index is 2.17. The number of rotatable bonds is 5. The second kappa shape index (κ2) is 9.78. The molecule has 0 amide bonds. The van der Waals surface area contributed by atoms with Crippen LogP contribution in [0.4, 0.5) is 0 Å². The fourth-order valence-corrected chi connectivity index (χ4v) is 8.13.